The van der Waals surface area contributed by atoms with E-state index in [9.17, 15) is 4.79 Å². The molecule has 1 saturated heterocycles. The fourth-order valence-electron chi connectivity index (χ4n) is 2.58. The molecule has 1 N–H and O–H groups in total. The molecule has 1 aliphatic rings. The molecule has 1 fully saturated rings. The van der Waals surface area contributed by atoms with Crippen molar-refractivity contribution in [3.8, 4) is 0 Å². The number of carboxylic acid groups (broad SMARTS) is 1. The lowest BCUT2D eigenvalue weighted by Crippen LogP contribution is -2.47. The van der Waals surface area contributed by atoms with Crippen molar-refractivity contribution in [1.82, 2.24) is 9.80 Å². The Morgan fingerprint density at radius 3 is 2.40 bits per heavy atom. The van der Waals surface area contributed by atoms with Crippen LogP contribution < -0.4 is 0 Å². The van der Waals surface area contributed by atoms with Gasteiger partial charge in [-0.2, -0.15) is 0 Å². The number of hydrogen-bond donors (Lipinski definition) is 1. The highest BCUT2D eigenvalue weighted by atomic mass is 79.9. The second-order valence-electron chi connectivity index (χ2n) is 5.25. The van der Waals surface area contributed by atoms with Gasteiger partial charge < -0.3 is 10.0 Å². The van der Waals surface area contributed by atoms with Crippen LogP contribution in [0.2, 0.25) is 0 Å². The number of piperazine rings is 1. The van der Waals surface area contributed by atoms with Crippen LogP contribution in [0.5, 0.6) is 0 Å². The SMILES string of the molecule is CC(c1ccc(Br)cc1)N1CCN(CCC(=O)O)CC1. The molecule has 2 rings (SSSR count). The summed E-state index contributed by atoms with van der Waals surface area (Å²) in [6, 6.07) is 8.88. The maximum atomic E-state index is 10.6. The Morgan fingerprint density at radius 1 is 1.25 bits per heavy atom. The van der Waals surface area contributed by atoms with Crippen LogP contribution in [-0.2, 0) is 4.79 Å². The summed E-state index contributed by atoms with van der Waals surface area (Å²) >= 11 is 3.46. The summed E-state index contributed by atoms with van der Waals surface area (Å²) < 4.78 is 1.10. The smallest absolute Gasteiger partial charge is 0.304 e. The Balaban J connectivity index is 1.83. The number of nitrogens with zero attached hydrogens (tertiary/aromatic N) is 2. The predicted octanol–water partition coefficient (Wildman–Crippen LogP) is 2.60. The first-order valence-electron chi connectivity index (χ1n) is 7.00. The van der Waals surface area contributed by atoms with Crippen molar-refractivity contribution in [1.29, 1.82) is 0 Å². The van der Waals surface area contributed by atoms with Crippen LogP contribution >= 0.6 is 15.9 Å². The van der Waals surface area contributed by atoms with E-state index in [0.29, 0.717) is 12.6 Å². The zero-order valence-corrected chi connectivity index (χ0v) is 13.3. The zero-order valence-electron chi connectivity index (χ0n) is 11.8. The van der Waals surface area contributed by atoms with Gasteiger partial charge in [-0.05, 0) is 24.6 Å². The number of rotatable bonds is 5. The predicted molar refractivity (Wildman–Crippen MR) is 82.8 cm³/mol. The zero-order chi connectivity index (χ0) is 14.5. The number of aliphatic carboxylic acids is 1. The van der Waals surface area contributed by atoms with Crippen molar-refractivity contribution in [3.63, 3.8) is 0 Å². The van der Waals surface area contributed by atoms with Crippen LogP contribution in [0.1, 0.15) is 24.9 Å². The lowest BCUT2D eigenvalue weighted by atomic mass is 10.1. The molecule has 1 aliphatic heterocycles. The highest BCUT2D eigenvalue weighted by Gasteiger charge is 2.22. The summed E-state index contributed by atoms with van der Waals surface area (Å²) in [5.41, 5.74) is 1.33. The lowest BCUT2D eigenvalue weighted by molar-refractivity contribution is -0.137. The third kappa shape index (κ3) is 4.30. The third-order valence-corrected chi connectivity index (χ3v) is 4.48. The first-order chi connectivity index (χ1) is 9.56. The van der Waals surface area contributed by atoms with Crippen molar-refractivity contribution in [3.05, 3.63) is 34.3 Å². The number of hydrogen-bond acceptors (Lipinski definition) is 3. The molecule has 0 bridgehead atoms. The van der Waals surface area contributed by atoms with Crippen molar-refractivity contribution in [2.24, 2.45) is 0 Å². The van der Waals surface area contributed by atoms with Crippen LogP contribution in [0.3, 0.4) is 0 Å². The molecular formula is C15H21BrN2O2. The minimum atomic E-state index is -0.712. The van der Waals surface area contributed by atoms with Crippen LogP contribution in [0.4, 0.5) is 0 Å². The van der Waals surface area contributed by atoms with E-state index in [1.807, 2.05) is 0 Å². The Morgan fingerprint density at radius 2 is 1.85 bits per heavy atom. The van der Waals surface area contributed by atoms with Crippen LogP contribution in [0.25, 0.3) is 0 Å². The molecule has 20 heavy (non-hydrogen) atoms. The summed E-state index contributed by atoms with van der Waals surface area (Å²) in [5, 5.41) is 8.71. The van der Waals surface area contributed by atoms with Gasteiger partial charge in [0.25, 0.3) is 0 Å². The number of halogens is 1. The first-order valence-corrected chi connectivity index (χ1v) is 7.79. The fraction of sp³-hybridized carbons (Fsp3) is 0.533. The molecule has 0 aliphatic carbocycles. The Bertz CT molecular complexity index is 442. The Hall–Kier alpha value is -0.910. The maximum absolute atomic E-state index is 10.6. The first kappa shape index (κ1) is 15.5. The molecule has 4 nitrogen and oxygen atoms in total. The molecule has 0 saturated carbocycles. The molecule has 0 spiro atoms. The van der Waals surface area contributed by atoms with Crippen molar-refractivity contribution in [2.45, 2.75) is 19.4 Å². The van der Waals surface area contributed by atoms with Crippen molar-refractivity contribution >= 4 is 21.9 Å². The highest BCUT2D eigenvalue weighted by Crippen LogP contribution is 2.23. The van der Waals surface area contributed by atoms with Gasteiger partial charge in [-0.15, -0.1) is 0 Å². The molecule has 1 aromatic carbocycles. The van der Waals surface area contributed by atoms with Gasteiger partial charge in [0.15, 0.2) is 0 Å². The quantitative estimate of drug-likeness (QED) is 0.894. The minimum absolute atomic E-state index is 0.238. The molecule has 1 heterocycles. The van der Waals surface area contributed by atoms with Gasteiger partial charge in [-0.25, -0.2) is 0 Å². The van der Waals surface area contributed by atoms with Gasteiger partial charge in [0.1, 0.15) is 0 Å². The van der Waals surface area contributed by atoms with Gasteiger partial charge in [0.05, 0.1) is 6.42 Å². The molecule has 110 valence electrons. The van der Waals surface area contributed by atoms with Crippen molar-refractivity contribution in [2.75, 3.05) is 32.7 Å². The van der Waals surface area contributed by atoms with Crippen LogP contribution in [0, 0.1) is 0 Å². The van der Waals surface area contributed by atoms with E-state index in [0.717, 1.165) is 30.7 Å². The number of benzene rings is 1. The minimum Gasteiger partial charge on any atom is -0.481 e. The molecule has 5 heteroatoms. The summed E-state index contributed by atoms with van der Waals surface area (Å²) in [6.07, 6.45) is 0.238. The molecule has 1 atom stereocenters. The third-order valence-electron chi connectivity index (χ3n) is 3.95. The van der Waals surface area contributed by atoms with E-state index in [1.54, 1.807) is 0 Å². The summed E-state index contributed by atoms with van der Waals surface area (Å²) in [6.45, 7) is 6.79. The molecule has 1 unspecified atom stereocenters. The van der Waals surface area contributed by atoms with E-state index in [2.05, 4.69) is 56.9 Å². The number of carboxylic acids is 1. The second-order valence-corrected chi connectivity index (χ2v) is 6.16. The van der Waals surface area contributed by atoms with Gasteiger partial charge in [-0.3, -0.25) is 9.69 Å². The van der Waals surface area contributed by atoms with Gasteiger partial charge in [0.2, 0.25) is 0 Å². The van der Waals surface area contributed by atoms with Gasteiger partial charge in [0, 0.05) is 43.2 Å². The van der Waals surface area contributed by atoms with E-state index in [1.165, 1.54) is 5.56 Å². The second kappa shape index (κ2) is 7.20. The molecule has 1 aromatic rings. The van der Waals surface area contributed by atoms with Crippen molar-refractivity contribution < 1.29 is 9.90 Å². The molecule has 0 amide bonds. The van der Waals surface area contributed by atoms with Crippen LogP contribution in [-0.4, -0.2) is 53.6 Å². The number of carbonyl (C=O) groups is 1. The molecule has 0 radical (unpaired) electrons. The molecule has 0 aromatic heterocycles. The highest BCUT2D eigenvalue weighted by molar-refractivity contribution is 9.10. The lowest BCUT2D eigenvalue weighted by Gasteiger charge is -2.38. The summed E-state index contributed by atoms with van der Waals surface area (Å²) in [7, 11) is 0. The average Bonchev–Trinajstić information content (AvgIpc) is 2.46. The van der Waals surface area contributed by atoms with E-state index in [4.69, 9.17) is 5.11 Å². The fourth-order valence-corrected chi connectivity index (χ4v) is 2.84. The Kier molecular flexibility index (Phi) is 5.57. The van der Waals surface area contributed by atoms with E-state index >= 15 is 0 Å². The van der Waals surface area contributed by atoms with E-state index < -0.39 is 5.97 Å². The summed E-state index contributed by atoms with van der Waals surface area (Å²) in [5.74, 6) is -0.712. The topological polar surface area (TPSA) is 43.8 Å². The van der Waals surface area contributed by atoms with E-state index in [-0.39, 0.29) is 6.42 Å². The average molecular weight is 341 g/mol. The maximum Gasteiger partial charge on any atom is 0.304 e. The van der Waals surface area contributed by atoms with Gasteiger partial charge >= 0.3 is 5.97 Å². The monoisotopic (exact) mass is 340 g/mol. The standard InChI is InChI=1S/C15H21BrN2O2/c1-12(13-2-4-14(16)5-3-13)18-10-8-17(9-11-18)7-6-15(19)20/h2-5,12H,6-11H2,1H3,(H,19,20). The van der Waals surface area contributed by atoms with Crippen LogP contribution in [0.15, 0.2) is 28.7 Å². The normalized spacial score (nSPS) is 18.9. The Labute approximate surface area is 128 Å². The summed E-state index contributed by atoms with van der Waals surface area (Å²) in [4.78, 5) is 15.3. The van der Waals surface area contributed by atoms with Gasteiger partial charge in [-0.1, -0.05) is 28.1 Å². The molecular weight excluding hydrogens is 320 g/mol. The largest absolute Gasteiger partial charge is 0.481 e.